The Morgan fingerprint density at radius 1 is 1.19 bits per heavy atom. The zero-order chi connectivity index (χ0) is 29.5. The van der Waals surface area contributed by atoms with Crippen LogP contribution in [0.25, 0.3) is 11.0 Å². The number of ether oxygens (including phenoxy) is 2. The molecule has 0 unspecified atom stereocenters. The quantitative estimate of drug-likeness (QED) is 0.287. The second-order valence-corrected chi connectivity index (χ2v) is 11.1. The number of morpholine rings is 1. The Hall–Kier alpha value is -3.55. The van der Waals surface area contributed by atoms with Crippen molar-refractivity contribution in [3.8, 4) is 5.75 Å². The largest absolute Gasteiger partial charge is 0.495 e. The van der Waals surface area contributed by atoms with Crippen molar-refractivity contribution in [1.29, 1.82) is 0 Å². The van der Waals surface area contributed by atoms with Crippen LogP contribution < -0.4 is 15.8 Å². The number of methoxy groups -OCH3 is 1. The Bertz CT molecular complexity index is 1330. The number of hydrogen-bond donors (Lipinski definition) is 3. The molecule has 2 fully saturated rings. The molecule has 1 amide bonds. The molecule has 0 spiro atoms. The second kappa shape index (κ2) is 14.1. The highest BCUT2D eigenvalue weighted by Gasteiger charge is 2.26. The predicted octanol–water partition coefficient (Wildman–Crippen LogP) is 1.86. The summed E-state index contributed by atoms with van der Waals surface area (Å²) in [6.07, 6.45) is 7.84. The fourth-order valence-electron chi connectivity index (χ4n) is 5.89. The first-order valence-corrected chi connectivity index (χ1v) is 15.0. The molecule has 2 saturated heterocycles. The van der Waals surface area contributed by atoms with Crippen molar-refractivity contribution >= 4 is 28.7 Å². The van der Waals surface area contributed by atoms with Crippen molar-refractivity contribution in [1.82, 2.24) is 34.5 Å². The molecule has 1 atom stereocenters. The number of carbonyl (C=O) groups is 1. The van der Waals surface area contributed by atoms with Gasteiger partial charge < -0.3 is 30.5 Å². The lowest BCUT2D eigenvalue weighted by Crippen LogP contribution is -2.46. The van der Waals surface area contributed by atoms with Gasteiger partial charge in [-0.25, -0.2) is 4.98 Å². The lowest BCUT2D eigenvalue weighted by atomic mass is 9.90. The zero-order valence-corrected chi connectivity index (χ0v) is 24.7. The van der Waals surface area contributed by atoms with Crippen LogP contribution in [0.4, 0.5) is 11.8 Å². The molecular formula is C29H43N9O4. The van der Waals surface area contributed by atoms with E-state index in [1.165, 1.54) is 0 Å². The number of aromatic nitrogens is 5. The van der Waals surface area contributed by atoms with Gasteiger partial charge in [0.05, 0.1) is 39.6 Å². The van der Waals surface area contributed by atoms with Crippen LogP contribution in [0.5, 0.6) is 5.75 Å². The van der Waals surface area contributed by atoms with Crippen LogP contribution >= 0.6 is 0 Å². The average Bonchev–Trinajstić information content (AvgIpc) is 3.40. The van der Waals surface area contributed by atoms with Gasteiger partial charge in [0.2, 0.25) is 11.9 Å². The smallest absolute Gasteiger partial charge is 0.236 e. The van der Waals surface area contributed by atoms with Crippen LogP contribution in [0.15, 0.2) is 18.5 Å². The molecule has 0 aliphatic carbocycles. The molecule has 13 nitrogen and oxygen atoms in total. The molecular weight excluding hydrogens is 538 g/mol. The van der Waals surface area contributed by atoms with Crippen molar-refractivity contribution in [2.45, 2.75) is 57.5 Å². The van der Waals surface area contributed by atoms with Crippen molar-refractivity contribution in [3.05, 3.63) is 29.7 Å². The highest BCUT2D eigenvalue weighted by molar-refractivity contribution is 5.86. The van der Waals surface area contributed by atoms with E-state index in [2.05, 4.69) is 38.3 Å². The van der Waals surface area contributed by atoms with Crippen LogP contribution in [0.3, 0.4) is 0 Å². The Kier molecular flexibility index (Phi) is 10.0. The van der Waals surface area contributed by atoms with Crippen LogP contribution in [0, 0.1) is 0 Å². The molecule has 0 radical (unpaired) electrons. The summed E-state index contributed by atoms with van der Waals surface area (Å²) < 4.78 is 13.0. The summed E-state index contributed by atoms with van der Waals surface area (Å²) >= 11 is 0. The maximum atomic E-state index is 12.8. The van der Waals surface area contributed by atoms with Crippen molar-refractivity contribution < 1.29 is 19.4 Å². The molecule has 0 bridgehead atoms. The van der Waals surface area contributed by atoms with Crippen molar-refractivity contribution in [2.24, 2.45) is 0 Å². The highest BCUT2D eigenvalue weighted by Crippen LogP contribution is 2.32. The number of nitrogen functional groups attached to an aromatic ring is 1. The molecule has 4 N–H and O–H groups in total. The van der Waals surface area contributed by atoms with E-state index in [-0.39, 0.29) is 24.5 Å². The number of piperidine rings is 1. The Labute approximate surface area is 246 Å². The number of amides is 1. The number of aliphatic hydroxyl groups is 1. The third-order valence-electron chi connectivity index (χ3n) is 8.21. The topological polar surface area (TPSA) is 157 Å². The number of fused-ring (bicyclic) bond motifs is 1. The summed E-state index contributed by atoms with van der Waals surface area (Å²) in [5.74, 6) is 1.96. The van der Waals surface area contributed by atoms with Gasteiger partial charge in [0, 0.05) is 45.0 Å². The number of likely N-dealkylation sites (tertiary alicyclic amines) is 1. The standard InChI is InChI=1S/C29H43N9O4/c1-3-4-22(7-12-39)33-28-27-23(34-29(30)35-28)17-32-38(27)18-24-25(41-2)15-21(16-31-24)20-5-8-37(9-6-20)26(40)19-36-10-13-42-14-11-36/h15-17,20,22,39H,3-14,18-19H2,1-2H3,(H3,30,33,34,35)/t22-/m0/s1. The van der Waals surface area contributed by atoms with Crippen LogP contribution in [-0.2, 0) is 16.1 Å². The van der Waals surface area contributed by atoms with E-state index >= 15 is 0 Å². The van der Waals surface area contributed by atoms with E-state index in [4.69, 9.17) is 20.2 Å². The number of pyridine rings is 1. The minimum absolute atomic E-state index is 0.0499. The van der Waals surface area contributed by atoms with Gasteiger partial charge in [0.25, 0.3) is 0 Å². The monoisotopic (exact) mass is 581 g/mol. The number of nitrogens with one attached hydrogen (secondary N) is 1. The van der Waals surface area contributed by atoms with Crippen molar-refractivity contribution in [2.75, 3.05) is 70.7 Å². The lowest BCUT2D eigenvalue weighted by Gasteiger charge is -2.34. The Balaban J connectivity index is 1.28. The molecule has 5 rings (SSSR count). The van der Waals surface area contributed by atoms with E-state index in [1.54, 1.807) is 13.3 Å². The maximum Gasteiger partial charge on any atom is 0.236 e. The van der Waals surface area contributed by atoms with Crippen molar-refractivity contribution in [3.63, 3.8) is 0 Å². The maximum absolute atomic E-state index is 12.8. The van der Waals surface area contributed by atoms with Gasteiger partial charge in [0.15, 0.2) is 5.82 Å². The van der Waals surface area contributed by atoms with E-state index in [0.717, 1.165) is 68.6 Å². The fraction of sp³-hybridized carbons (Fsp3) is 0.621. The number of rotatable bonds is 12. The molecule has 2 aliphatic rings. The van der Waals surface area contributed by atoms with Gasteiger partial charge in [-0.1, -0.05) is 13.3 Å². The van der Waals surface area contributed by atoms with Gasteiger partial charge in [-0.2, -0.15) is 10.1 Å². The first kappa shape index (κ1) is 29.9. The normalized spacial score (nSPS) is 17.5. The number of nitrogens with two attached hydrogens (primary N) is 1. The third-order valence-corrected chi connectivity index (χ3v) is 8.21. The highest BCUT2D eigenvalue weighted by atomic mass is 16.5. The molecule has 13 heteroatoms. The van der Waals surface area contributed by atoms with E-state index < -0.39 is 0 Å². The number of aliphatic hydroxyl groups excluding tert-OH is 1. The van der Waals surface area contributed by atoms with Crippen LogP contribution in [0.1, 0.15) is 56.2 Å². The predicted molar refractivity (Wildman–Crippen MR) is 159 cm³/mol. The number of nitrogens with zero attached hydrogens (tertiary/aromatic N) is 7. The zero-order valence-electron chi connectivity index (χ0n) is 24.7. The summed E-state index contributed by atoms with van der Waals surface area (Å²) in [6, 6.07) is 2.12. The summed E-state index contributed by atoms with van der Waals surface area (Å²) in [4.78, 5) is 30.6. The van der Waals surface area contributed by atoms with Crippen LogP contribution in [-0.4, -0.2) is 111 Å². The molecule has 0 aromatic carbocycles. The first-order chi connectivity index (χ1) is 20.5. The fourth-order valence-corrected chi connectivity index (χ4v) is 5.89. The summed E-state index contributed by atoms with van der Waals surface area (Å²) in [5, 5.41) is 17.6. The third kappa shape index (κ3) is 7.08. The van der Waals surface area contributed by atoms with E-state index in [9.17, 15) is 9.90 Å². The average molecular weight is 582 g/mol. The molecule has 3 aromatic rings. The minimum atomic E-state index is 0.0499. The first-order valence-electron chi connectivity index (χ1n) is 15.0. The number of carbonyl (C=O) groups excluding carboxylic acids is 1. The number of hydrogen-bond acceptors (Lipinski definition) is 11. The minimum Gasteiger partial charge on any atom is -0.495 e. The molecule has 228 valence electrons. The molecule has 0 saturated carbocycles. The summed E-state index contributed by atoms with van der Waals surface area (Å²) in [5.41, 5.74) is 9.22. The molecule has 42 heavy (non-hydrogen) atoms. The number of anilines is 2. The lowest BCUT2D eigenvalue weighted by molar-refractivity contribution is -0.134. The van der Waals surface area contributed by atoms with Gasteiger partial charge in [-0.05, 0) is 43.2 Å². The summed E-state index contributed by atoms with van der Waals surface area (Å²) in [6.45, 7) is 7.53. The van der Waals surface area contributed by atoms with Crippen LogP contribution in [0.2, 0.25) is 0 Å². The SMILES string of the molecule is CCC[C@@H](CCO)Nc1nc(N)nc2cnn(Cc3ncc(C4CCN(C(=O)CN5CCOCC5)CC4)cc3OC)c12. The van der Waals surface area contributed by atoms with Gasteiger partial charge in [0.1, 0.15) is 22.5 Å². The van der Waals surface area contributed by atoms with E-state index in [0.29, 0.717) is 55.7 Å². The molecule has 5 heterocycles. The van der Waals surface area contributed by atoms with Gasteiger partial charge in [-0.3, -0.25) is 19.4 Å². The van der Waals surface area contributed by atoms with E-state index in [1.807, 2.05) is 15.8 Å². The molecule has 3 aromatic heterocycles. The molecule has 2 aliphatic heterocycles. The second-order valence-electron chi connectivity index (χ2n) is 11.1. The summed E-state index contributed by atoms with van der Waals surface area (Å²) in [7, 11) is 1.65. The van der Waals surface area contributed by atoms with Gasteiger partial charge in [-0.15, -0.1) is 0 Å². The van der Waals surface area contributed by atoms with Gasteiger partial charge >= 0.3 is 0 Å². The Morgan fingerprint density at radius 3 is 2.69 bits per heavy atom. The Morgan fingerprint density at radius 2 is 1.98 bits per heavy atom.